The summed E-state index contributed by atoms with van der Waals surface area (Å²) in [5, 5.41) is 57.6. The Labute approximate surface area is 665 Å². The molecule has 19 aliphatic rings. The number of epoxide rings is 1. The molecule has 15 aliphatic carbocycles. The largest absolute Gasteiger partial charge is 0.508 e. The van der Waals surface area contributed by atoms with Gasteiger partial charge >= 0.3 is 0 Å². The molecule has 10 saturated carbocycles. The standard InChI is InChI=1S/C22H29NO2.C22H31NO.C21H29NO2.C18H22O.C18H24O/c1-15-7-8-17-14-19-22(25)10-3-2-9-21(22,18(17)13-15)11-12-23(19)20(24)16-5-4-6-16;1-16-7-8-18-14-20-22(24)10-3-2-9-21(22,19(18)13-16)11-12-23(20)15-17-5-4-6-17;23-17-7-6-16-12-19-21(24)9-2-1-8-20(21,18(16)13-17)10-11-22(19)14-15-4-3-5-15;1-12-6-7-13-11-14-4-2-8-17(15(13)10-12)9-3-5-16-18(14,17)19-16;1-13-6-7-14-12-15-5-4-9-17(16(14)11-13)8-2-3-10-18(15,17)19/h7-8,13,16,19,25H,2-6,9-12,14H2,1H3;7-8,13,17,20,24H,2-6,9-12,14-15H2,1H3;6-7,13,15,19,23-24H,1-5,8-12,14H2;6-7,10,14,16H,2-5,8-9,11H2,1H3;6-7,11,15,19H,2-5,8-10,12H2,1H3. The monoisotopic (exact) mass is 1500 g/mol. The van der Waals surface area contributed by atoms with Crippen LogP contribution < -0.4 is 0 Å². The summed E-state index contributed by atoms with van der Waals surface area (Å²) in [6.07, 6.45) is 50.5. The Kier molecular flexibility index (Phi) is 18.8. The zero-order valence-electron chi connectivity index (χ0n) is 68.5. The molecule has 4 saturated heterocycles. The minimum Gasteiger partial charge on any atom is -0.508 e. The first-order valence-electron chi connectivity index (χ1n) is 46.3. The number of aromatic hydroxyl groups is 1. The Morgan fingerprint density at radius 3 is 1.19 bits per heavy atom. The van der Waals surface area contributed by atoms with Crippen molar-refractivity contribution in [1.82, 2.24) is 14.7 Å². The summed E-state index contributed by atoms with van der Waals surface area (Å²) in [6.45, 7) is 14.3. The van der Waals surface area contributed by atoms with Crippen LogP contribution >= 0.6 is 0 Å². The Bertz CT molecular complexity index is 4190. The van der Waals surface area contributed by atoms with E-state index in [2.05, 4.69) is 121 Å². The van der Waals surface area contributed by atoms with Gasteiger partial charge in [-0.3, -0.25) is 14.6 Å². The number of hydrogen-bond acceptors (Lipinski definition) is 9. The lowest BCUT2D eigenvalue weighted by molar-refractivity contribution is -0.182. The number of aliphatic hydroxyl groups is 4. The van der Waals surface area contributed by atoms with Crippen molar-refractivity contribution in [2.24, 2.45) is 29.6 Å². The van der Waals surface area contributed by atoms with Gasteiger partial charge in [0.25, 0.3) is 0 Å². The smallest absolute Gasteiger partial charge is 0.226 e. The number of nitrogens with zero attached hydrogens (tertiary/aromatic N) is 3. The molecule has 5 N–H and O–H groups in total. The molecule has 14 fully saturated rings. The average Bonchev–Trinajstić information content (AvgIpc) is 1.50. The molecule has 5 aromatic rings. The van der Waals surface area contributed by atoms with Crippen molar-refractivity contribution in [1.29, 1.82) is 0 Å². The number of likely N-dealkylation sites (tertiary alicyclic amines) is 3. The highest BCUT2D eigenvalue weighted by molar-refractivity contribution is 5.81. The van der Waals surface area contributed by atoms with E-state index < -0.39 is 22.4 Å². The molecule has 16 atom stereocenters. The lowest BCUT2D eigenvalue weighted by Gasteiger charge is -2.64. The molecular formula is C101H135N3O7. The normalized spacial score (nSPS) is 40.0. The number of benzene rings is 5. The van der Waals surface area contributed by atoms with Gasteiger partial charge in [-0.1, -0.05) is 185 Å². The number of aryl methyl sites for hydroxylation is 4. The summed E-state index contributed by atoms with van der Waals surface area (Å²) in [4.78, 5) is 20.5. The maximum Gasteiger partial charge on any atom is 0.226 e. The fourth-order valence-electron chi connectivity index (χ4n) is 30.4. The molecule has 24 rings (SSSR count). The summed E-state index contributed by atoms with van der Waals surface area (Å²) < 4.78 is 6.42. The predicted octanol–water partition coefficient (Wildman–Crippen LogP) is 18.6. The Hall–Kier alpha value is -4.91. The topological polar surface area (TPSA) is 140 Å². The number of phenolic OH excluding ortho intramolecular Hbond substituents is 1. The zero-order chi connectivity index (χ0) is 75.7. The number of ether oxygens (including phenoxy) is 1. The van der Waals surface area contributed by atoms with Gasteiger partial charge in [-0.15, -0.1) is 0 Å². The van der Waals surface area contributed by atoms with Gasteiger partial charge in [0.1, 0.15) is 11.4 Å². The van der Waals surface area contributed by atoms with Crippen LogP contribution in [0, 0.1) is 57.3 Å². The van der Waals surface area contributed by atoms with Gasteiger partial charge in [-0.2, -0.15) is 0 Å². The van der Waals surface area contributed by atoms with Gasteiger partial charge in [0, 0.05) is 64.7 Å². The predicted molar refractivity (Wildman–Crippen MR) is 442 cm³/mol. The van der Waals surface area contributed by atoms with Crippen LogP contribution in [0.15, 0.2) is 91.0 Å². The van der Waals surface area contributed by atoms with Crippen LogP contribution in [-0.4, -0.2) is 131 Å². The van der Waals surface area contributed by atoms with Gasteiger partial charge < -0.3 is 35.2 Å². The van der Waals surface area contributed by atoms with Crippen LogP contribution in [0.3, 0.4) is 0 Å². The number of amides is 1. The summed E-state index contributed by atoms with van der Waals surface area (Å²) >= 11 is 0. The molecule has 0 aromatic heterocycles. The van der Waals surface area contributed by atoms with Gasteiger partial charge in [-0.25, -0.2) is 0 Å². The number of rotatable bonds is 5. The molecule has 1 spiro atoms. The molecule has 1 amide bonds. The molecule has 4 heterocycles. The van der Waals surface area contributed by atoms with Crippen molar-refractivity contribution in [3.63, 3.8) is 0 Å². The second-order valence-corrected chi connectivity index (χ2v) is 41.5. The highest BCUT2D eigenvalue weighted by Gasteiger charge is 2.76. The Morgan fingerprint density at radius 2 is 0.721 bits per heavy atom. The number of carbonyl (C=O) groups excluding carboxylic acids is 1. The first-order chi connectivity index (χ1) is 53.7. The van der Waals surface area contributed by atoms with E-state index in [1.807, 2.05) is 12.1 Å². The molecule has 5 aromatic carbocycles. The highest BCUT2D eigenvalue weighted by atomic mass is 16.6. The molecule has 16 unspecified atom stereocenters. The summed E-state index contributed by atoms with van der Waals surface area (Å²) in [7, 11) is 0. The summed E-state index contributed by atoms with van der Waals surface area (Å²) in [6, 6.07) is 34.5. The van der Waals surface area contributed by atoms with E-state index in [-0.39, 0.29) is 45.3 Å². The van der Waals surface area contributed by atoms with Crippen LogP contribution in [0.4, 0.5) is 0 Å². The van der Waals surface area contributed by atoms with Crippen LogP contribution in [0.2, 0.25) is 0 Å². The van der Waals surface area contributed by atoms with Crippen molar-refractivity contribution >= 4 is 5.91 Å². The number of carbonyl (C=O) groups is 1. The van der Waals surface area contributed by atoms with Crippen molar-refractivity contribution < 1.29 is 35.1 Å². The van der Waals surface area contributed by atoms with E-state index in [1.165, 1.54) is 247 Å². The van der Waals surface area contributed by atoms with Crippen LogP contribution in [0.25, 0.3) is 0 Å². The van der Waals surface area contributed by atoms with Gasteiger partial charge in [-0.05, 0) is 318 Å². The number of hydrogen-bond donors (Lipinski definition) is 5. The van der Waals surface area contributed by atoms with E-state index in [0.29, 0.717) is 35.1 Å². The summed E-state index contributed by atoms with van der Waals surface area (Å²) in [5.74, 6) is 3.96. The molecule has 10 heteroatoms. The molecule has 4 aliphatic heterocycles. The maximum absolute atomic E-state index is 13.1. The van der Waals surface area contributed by atoms with Crippen molar-refractivity contribution in [2.45, 2.75) is 377 Å². The SMILES string of the molecule is Cc1ccc2c(c1)C13CCCC(C2)C12OC2CCC3.Cc1ccc2c(c1)C13CCCCC1(O)C(C2)N(C(=O)C1CCC1)CC3.Cc1ccc2c(c1)C13CCCCC1(O)C(C2)N(CC1CCC1)CC3.Cc1ccc2c(c1)C13CCCCC1(O)C(CCC3)C2.Oc1ccc2c(c1)C13CCCCC1(O)C(C2)N(CC1CCC1)CC3. The number of piperidine rings is 3. The van der Waals surface area contributed by atoms with Crippen molar-refractivity contribution in [3.8, 4) is 5.75 Å². The van der Waals surface area contributed by atoms with Crippen LogP contribution in [-0.2, 0) is 68.7 Å². The van der Waals surface area contributed by atoms with E-state index in [4.69, 9.17) is 4.74 Å². The van der Waals surface area contributed by atoms with Gasteiger partial charge in [0.05, 0.1) is 34.6 Å². The van der Waals surface area contributed by atoms with E-state index in [0.717, 1.165) is 140 Å². The lowest BCUT2D eigenvalue weighted by Crippen LogP contribution is -2.73. The fraction of sp³-hybridized carbons (Fsp3) is 0.693. The van der Waals surface area contributed by atoms with Gasteiger partial charge in [0.2, 0.25) is 5.91 Å². The zero-order valence-corrected chi connectivity index (χ0v) is 68.5. The molecule has 111 heavy (non-hydrogen) atoms. The van der Waals surface area contributed by atoms with Crippen LogP contribution in [0.5, 0.6) is 5.75 Å². The Morgan fingerprint density at radius 1 is 0.360 bits per heavy atom. The number of phenols is 1. The third kappa shape index (κ3) is 11.2. The lowest BCUT2D eigenvalue weighted by atomic mass is 9.46. The minimum atomic E-state index is -0.732. The molecule has 10 nitrogen and oxygen atoms in total. The van der Waals surface area contributed by atoms with Crippen molar-refractivity contribution in [2.75, 3.05) is 32.7 Å². The Balaban J connectivity index is 0.0000000910. The minimum absolute atomic E-state index is 0.0233. The van der Waals surface area contributed by atoms with Crippen molar-refractivity contribution in [3.05, 3.63) is 169 Å². The first kappa shape index (κ1) is 74.9. The molecule has 596 valence electrons. The molecular weight excluding hydrogens is 1370 g/mol. The third-order valence-corrected chi connectivity index (χ3v) is 36.6. The van der Waals surface area contributed by atoms with E-state index in [9.17, 15) is 30.3 Å². The first-order valence-corrected chi connectivity index (χ1v) is 46.3. The number of fused-ring (bicyclic) bond motifs is 5. The van der Waals surface area contributed by atoms with E-state index in [1.54, 1.807) is 11.1 Å². The fourth-order valence-corrected chi connectivity index (χ4v) is 30.4. The van der Waals surface area contributed by atoms with E-state index >= 15 is 0 Å². The maximum atomic E-state index is 13.1. The summed E-state index contributed by atoms with van der Waals surface area (Å²) in [5.41, 5.74) is 18.5. The molecule has 0 radical (unpaired) electrons. The highest BCUT2D eigenvalue weighted by Crippen LogP contribution is 2.71. The van der Waals surface area contributed by atoms with Crippen LogP contribution in [0.1, 0.15) is 315 Å². The quantitative estimate of drug-likeness (QED) is 0.109. The van der Waals surface area contributed by atoms with Gasteiger partial charge in [0.15, 0.2) is 0 Å². The molecule has 10 bridgehead atoms. The second kappa shape index (κ2) is 27.9. The third-order valence-electron chi connectivity index (χ3n) is 36.6. The average molecular weight is 1500 g/mol. The second-order valence-electron chi connectivity index (χ2n) is 41.5.